The summed E-state index contributed by atoms with van der Waals surface area (Å²) in [4.78, 5) is 0. The third-order valence-electron chi connectivity index (χ3n) is 2.25. The Hall–Kier alpha value is -0.830. The van der Waals surface area contributed by atoms with E-state index in [9.17, 15) is 0 Å². The monoisotopic (exact) mass is 167 g/mol. The van der Waals surface area contributed by atoms with E-state index in [4.69, 9.17) is 5.73 Å². The molecular formula is C9H17N3. The molecule has 0 amide bonds. The molecule has 0 aromatic carbocycles. The van der Waals surface area contributed by atoms with Crippen LogP contribution < -0.4 is 5.73 Å². The highest BCUT2D eigenvalue weighted by atomic mass is 15.3. The molecule has 1 aromatic rings. The molecule has 1 rings (SSSR count). The minimum Gasteiger partial charge on any atom is -0.330 e. The van der Waals surface area contributed by atoms with Gasteiger partial charge in [-0.2, -0.15) is 5.10 Å². The molecule has 12 heavy (non-hydrogen) atoms. The van der Waals surface area contributed by atoms with Gasteiger partial charge < -0.3 is 5.73 Å². The number of hydrogen-bond acceptors (Lipinski definition) is 2. The van der Waals surface area contributed by atoms with Crippen molar-refractivity contribution in [2.24, 2.45) is 5.73 Å². The zero-order valence-corrected chi connectivity index (χ0v) is 8.04. The summed E-state index contributed by atoms with van der Waals surface area (Å²) in [6.45, 7) is 7.91. The van der Waals surface area contributed by atoms with Crippen LogP contribution in [-0.2, 0) is 12.0 Å². The zero-order chi connectivity index (χ0) is 9.19. The minimum atomic E-state index is 0.0490. The summed E-state index contributed by atoms with van der Waals surface area (Å²) < 4.78 is 1.92. The number of rotatable bonds is 3. The van der Waals surface area contributed by atoms with Gasteiger partial charge in [0.05, 0.1) is 6.20 Å². The lowest BCUT2D eigenvalue weighted by Crippen LogP contribution is -2.27. The van der Waals surface area contributed by atoms with Crippen LogP contribution >= 0.6 is 0 Å². The van der Waals surface area contributed by atoms with Crippen molar-refractivity contribution in [1.29, 1.82) is 0 Å². The Labute approximate surface area is 73.6 Å². The van der Waals surface area contributed by atoms with Gasteiger partial charge in [-0.05, 0) is 12.5 Å². The van der Waals surface area contributed by atoms with Crippen LogP contribution in [0.15, 0.2) is 12.4 Å². The molecule has 0 saturated carbocycles. The third-order valence-corrected chi connectivity index (χ3v) is 2.25. The van der Waals surface area contributed by atoms with Crippen molar-refractivity contribution in [2.75, 3.05) is 6.54 Å². The van der Waals surface area contributed by atoms with Gasteiger partial charge in [-0.25, -0.2) is 0 Å². The van der Waals surface area contributed by atoms with Crippen molar-refractivity contribution in [3.8, 4) is 0 Å². The Bertz CT molecular complexity index is 250. The fourth-order valence-electron chi connectivity index (χ4n) is 1.00. The van der Waals surface area contributed by atoms with Crippen molar-refractivity contribution < 1.29 is 0 Å². The number of aromatic nitrogens is 2. The fourth-order valence-corrected chi connectivity index (χ4v) is 1.00. The predicted octanol–water partition coefficient (Wildman–Crippen LogP) is 1.14. The lowest BCUT2D eigenvalue weighted by Gasteiger charge is -2.19. The summed E-state index contributed by atoms with van der Waals surface area (Å²) in [7, 11) is 0. The molecule has 1 aromatic heterocycles. The summed E-state index contributed by atoms with van der Waals surface area (Å²) >= 11 is 0. The molecule has 0 aliphatic carbocycles. The molecule has 0 fully saturated rings. The first-order chi connectivity index (χ1) is 5.60. The summed E-state index contributed by atoms with van der Waals surface area (Å²) in [6, 6.07) is 0. The van der Waals surface area contributed by atoms with Crippen molar-refractivity contribution in [2.45, 2.75) is 32.7 Å². The Morgan fingerprint density at radius 3 is 2.67 bits per heavy atom. The van der Waals surface area contributed by atoms with Crippen LogP contribution in [-0.4, -0.2) is 16.3 Å². The largest absolute Gasteiger partial charge is 0.330 e. The van der Waals surface area contributed by atoms with Crippen LogP contribution in [0.4, 0.5) is 0 Å². The van der Waals surface area contributed by atoms with E-state index in [0.717, 1.165) is 6.54 Å². The van der Waals surface area contributed by atoms with Gasteiger partial charge in [0.1, 0.15) is 0 Å². The summed E-state index contributed by atoms with van der Waals surface area (Å²) in [5.74, 6) is 0. The van der Waals surface area contributed by atoms with Crippen LogP contribution in [0.2, 0.25) is 0 Å². The summed E-state index contributed by atoms with van der Waals surface area (Å²) in [5, 5.41) is 4.21. The highest BCUT2D eigenvalue weighted by Crippen LogP contribution is 2.20. The molecular weight excluding hydrogens is 150 g/mol. The topological polar surface area (TPSA) is 43.8 Å². The maximum atomic E-state index is 5.65. The molecule has 0 atom stereocenters. The van der Waals surface area contributed by atoms with Gasteiger partial charge in [-0.1, -0.05) is 13.8 Å². The predicted molar refractivity (Wildman–Crippen MR) is 50.0 cm³/mol. The van der Waals surface area contributed by atoms with Crippen LogP contribution in [0.1, 0.15) is 26.3 Å². The molecule has 3 nitrogen and oxygen atoms in total. The molecule has 0 spiro atoms. The lowest BCUT2D eigenvalue weighted by atomic mass is 9.87. The summed E-state index contributed by atoms with van der Waals surface area (Å²) in [6.07, 6.45) is 3.96. The number of nitrogens with two attached hydrogens (primary N) is 1. The zero-order valence-electron chi connectivity index (χ0n) is 8.04. The van der Waals surface area contributed by atoms with Crippen LogP contribution in [0.5, 0.6) is 0 Å². The van der Waals surface area contributed by atoms with Crippen molar-refractivity contribution in [1.82, 2.24) is 9.78 Å². The molecule has 0 aliphatic heterocycles. The maximum Gasteiger partial charge on any atom is 0.0527 e. The molecule has 2 N–H and O–H groups in total. The Morgan fingerprint density at radius 1 is 1.58 bits per heavy atom. The maximum absolute atomic E-state index is 5.65. The number of aryl methyl sites for hydroxylation is 1. The highest BCUT2D eigenvalue weighted by molar-refractivity contribution is 5.17. The van der Waals surface area contributed by atoms with Crippen molar-refractivity contribution in [3.05, 3.63) is 18.0 Å². The molecule has 0 bridgehead atoms. The van der Waals surface area contributed by atoms with Gasteiger partial charge in [0.15, 0.2) is 0 Å². The van der Waals surface area contributed by atoms with E-state index in [1.807, 2.05) is 10.9 Å². The second-order valence-electron chi connectivity index (χ2n) is 3.67. The van der Waals surface area contributed by atoms with E-state index in [0.29, 0.717) is 6.54 Å². The van der Waals surface area contributed by atoms with E-state index in [1.165, 1.54) is 5.56 Å². The molecule has 0 radical (unpaired) electrons. The van der Waals surface area contributed by atoms with Gasteiger partial charge in [0.2, 0.25) is 0 Å². The van der Waals surface area contributed by atoms with E-state index >= 15 is 0 Å². The normalized spacial score (nSPS) is 12.0. The van der Waals surface area contributed by atoms with Gasteiger partial charge in [-0.3, -0.25) is 4.68 Å². The van der Waals surface area contributed by atoms with Crippen molar-refractivity contribution >= 4 is 0 Å². The van der Waals surface area contributed by atoms with Gasteiger partial charge in [0.25, 0.3) is 0 Å². The van der Waals surface area contributed by atoms with E-state index in [-0.39, 0.29) is 5.41 Å². The van der Waals surface area contributed by atoms with Crippen molar-refractivity contribution in [3.63, 3.8) is 0 Å². The fraction of sp³-hybridized carbons (Fsp3) is 0.667. The molecule has 68 valence electrons. The van der Waals surface area contributed by atoms with E-state index < -0.39 is 0 Å². The van der Waals surface area contributed by atoms with Gasteiger partial charge in [-0.15, -0.1) is 0 Å². The number of hydrogen-bond donors (Lipinski definition) is 1. The van der Waals surface area contributed by atoms with Crippen LogP contribution in [0, 0.1) is 0 Å². The lowest BCUT2D eigenvalue weighted by molar-refractivity contribution is 0.537. The first kappa shape index (κ1) is 9.26. The quantitative estimate of drug-likeness (QED) is 0.733. The highest BCUT2D eigenvalue weighted by Gasteiger charge is 2.19. The first-order valence-electron chi connectivity index (χ1n) is 4.33. The first-order valence-corrected chi connectivity index (χ1v) is 4.33. The molecule has 0 aliphatic rings. The summed E-state index contributed by atoms with van der Waals surface area (Å²) in [5.41, 5.74) is 6.92. The molecule has 0 saturated heterocycles. The van der Waals surface area contributed by atoms with E-state index in [2.05, 4.69) is 32.1 Å². The Morgan fingerprint density at radius 2 is 2.25 bits per heavy atom. The Balaban J connectivity index is 2.88. The average Bonchev–Trinajstić information content (AvgIpc) is 2.52. The molecule has 1 heterocycles. The SMILES string of the molecule is CCn1cc(C(C)(C)CN)cn1. The van der Waals surface area contributed by atoms with Gasteiger partial charge >= 0.3 is 0 Å². The average molecular weight is 167 g/mol. The molecule has 0 unspecified atom stereocenters. The smallest absolute Gasteiger partial charge is 0.0527 e. The Kier molecular flexibility index (Phi) is 2.52. The van der Waals surface area contributed by atoms with E-state index in [1.54, 1.807) is 0 Å². The minimum absolute atomic E-state index is 0.0490. The standard InChI is InChI=1S/C9H17N3/c1-4-12-6-8(5-11-12)9(2,3)7-10/h5-6H,4,7,10H2,1-3H3. The second-order valence-corrected chi connectivity index (χ2v) is 3.67. The second kappa shape index (κ2) is 3.27. The van der Waals surface area contributed by atoms with Gasteiger partial charge in [0, 0.05) is 24.7 Å². The van der Waals surface area contributed by atoms with Crippen LogP contribution in [0.3, 0.4) is 0 Å². The molecule has 3 heteroatoms. The number of nitrogens with zero attached hydrogens (tertiary/aromatic N) is 2. The third kappa shape index (κ3) is 1.67. The van der Waals surface area contributed by atoms with Crippen LogP contribution in [0.25, 0.3) is 0 Å².